The summed E-state index contributed by atoms with van der Waals surface area (Å²) < 4.78 is 95.9. The number of nitrogens with one attached hydrogen (secondary N) is 1. The van der Waals surface area contributed by atoms with E-state index in [1.54, 1.807) is 6.07 Å². The highest BCUT2D eigenvalue weighted by Crippen LogP contribution is 2.36. The van der Waals surface area contributed by atoms with Gasteiger partial charge in [-0.05, 0) is 56.0 Å². The molecule has 1 atom stereocenters. The Bertz CT molecular complexity index is 1460. The van der Waals surface area contributed by atoms with Gasteiger partial charge >= 0.3 is 6.18 Å². The van der Waals surface area contributed by atoms with Crippen LogP contribution in [0.2, 0.25) is 0 Å². The molecule has 2 saturated heterocycles. The van der Waals surface area contributed by atoms with Gasteiger partial charge in [0.05, 0.1) is 20.2 Å². The van der Waals surface area contributed by atoms with Crippen molar-refractivity contribution in [3.63, 3.8) is 0 Å². The van der Waals surface area contributed by atoms with Crippen LogP contribution < -0.4 is 4.72 Å². The first-order chi connectivity index (χ1) is 18.2. The number of piperidine rings is 1. The van der Waals surface area contributed by atoms with Gasteiger partial charge in [-0.1, -0.05) is 18.2 Å². The molecule has 1 N–H and O–H groups in total. The second-order valence-corrected chi connectivity index (χ2v) is 13.2. The van der Waals surface area contributed by atoms with Crippen LogP contribution in [0.25, 0.3) is 0 Å². The number of rotatable bonds is 6. The molecule has 14 heteroatoms. The number of alkyl halides is 3. The number of hydrogen-bond acceptors (Lipinski definition) is 6. The van der Waals surface area contributed by atoms with Crippen LogP contribution in [0.5, 0.6) is 0 Å². The number of sulfonamides is 1. The molecule has 9 nitrogen and oxygen atoms in total. The summed E-state index contributed by atoms with van der Waals surface area (Å²) in [6.45, 7) is 2.19. The van der Waals surface area contributed by atoms with Crippen molar-refractivity contribution in [2.75, 3.05) is 19.6 Å². The number of benzene rings is 2. The molecule has 2 aliphatic rings. The first-order valence-corrected chi connectivity index (χ1v) is 15.3. The third kappa shape index (κ3) is 6.12. The molecule has 212 valence electrons. The van der Waals surface area contributed by atoms with Gasteiger partial charge in [0.1, 0.15) is 6.04 Å². The topological polar surface area (TPSA) is 121 Å². The molecule has 0 unspecified atom stereocenters. The maximum Gasteiger partial charge on any atom is 0.417 e. The average molecular weight is 588 g/mol. The first kappa shape index (κ1) is 29.0. The van der Waals surface area contributed by atoms with Gasteiger partial charge in [0.25, 0.3) is 0 Å². The van der Waals surface area contributed by atoms with Crippen LogP contribution in [0.3, 0.4) is 0 Å². The van der Waals surface area contributed by atoms with Gasteiger partial charge < -0.3 is 9.80 Å². The molecule has 2 amide bonds. The summed E-state index contributed by atoms with van der Waals surface area (Å²) >= 11 is 0. The van der Waals surface area contributed by atoms with E-state index in [0.29, 0.717) is 31.5 Å². The zero-order valence-corrected chi connectivity index (χ0v) is 22.7. The number of nitrogens with zero attached hydrogens (tertiary/aromatic N) is 2. The second-order valence-electron chi connectivity index (χ2n) is 9.56. The zero-order chi connectivity index (χ0) is 28.6. The Morgan fingerprint density at radius 2 is 1.54 bits per heavy atom. The average Bonchev–Trinajstić information content (AvgIpc) is 3.39. The molecule has 0 radical (unpaired) electrons. The molecule has 0 spiro atoms. The lowest BCUT2D eigenvalue weighted by molar-refractivity contribution is -0.143. The van der Waals surface area contributed by atoms with Gasteiger partial charge in [0.2, 0.25) is 31.7 Å². The Kier molecular flexibility index (Phi) is 8.11. The van der Waals surface area contributed by atoms with Crippen LogP contribution in [-0.4, -0.2) is 70.2 Å². The van der Waals surface area contributed by atoms with E-state index in [1.165, 1.54) is 41.0 Å². The van der Waals surface area contributed by atoms with E-state index in [4.69, 9.17) is 0 Å². The van der Waals surface area contributed by atoms with Crippen molar-refractivity contribution in [1.82, 2.24) is 14.5 Å². The Labute approximate surface area is 224 Å². The highest BCUT2D eigenvalue weighted by Gasteiger charge is 2.40. The molecule has 4 rings (SSSR count). The Hall–Kier alpha value is -2.97. The summed E-state index contributed by atoms with van der Waals surface area (Å²) in [4.78, 5) is 25.8. The maximum absolute atomic E-state index is 13.8. The van der Waals surface area contributed by atoms with E-state index in [2.05, 4.69) is 4.72 Å². The summed E-state index contributed by atoms with van der Waals surface area (Å²) in [5.41, 5.74) is -1.49. The van der Waals surface area contributed by atoms with Crippen molar-refractivity contribution in [2.45, 2.75) is 65.6 Å². The predicted molar refractivity (Wildman–Crippen MR) is 134 cm³/mol. The molecule has 2 heterocycles. The summed E-state index contributed by atoms with van der Waals surface area (Å²) in [5.74, 6) is -0.437. The van der Waals surface area contributed by atoms with Gasteiger partial charge in [-0.25, -0.2) is 21.6 Å². The highest BCUT2D eigenvalue weighted by atomic mass is 32.2. The lowest BCUT2D eigenvalue weighted by atomic mass is 10.0. The minimum Gasteiger partial charge on any atom is -0.341 e. The molecule has 0 aliphatic carbocycles. The predicted octanol–water partition coefficient (Wildman–Crippen LogP) is 2.82. The molecule has 2 fully saturated rings. The van der Waals surface area contributed by atoms with E-state index >= 15 is 0 Å². The van der Waals surface area contributed by atoms with Crippen molar-refractivity contribution in [2.24, 2.45) is 0 Å². The molecular weight excluding hydrogens is 559 g/mol. The van der Waals surface area contributed by atoms with Crippen molar-refractivity contribution >= 4 is 31.7 Å². The normalized spacial score (nSPS) is 19.3. The molecule has 0 aromatic heterocycles. The zero-order valence-electron chi connectivity index (χ0n) is 21.0. The Morgan fingerprint density at radius 3 is 2.13 bits per heavy atom. The summed E-state index contributed by atoms with van der Waals surface area (Å²) in [6.07, 6.45) is -3.54. The van der Waals surface area contributed by atoms with Crippen LogP contribution in [0.4, 0.5) is 13.2 Å². The first-order valence-electron chi connectivity index (χ1n) is 12.3. The maximum atomic E-state index is 13.8. The quantitative estimate of drug-likeness (QED) is 0.555. The number of likely N-dealkylation sites (tertiary alicyclic amines) is 2. The van der Waals surface area contributed by atoms with Crippen molar-refractivity contribution in [3.05, 3.63) is 54.1 Å². The Balaban J connectivity index is 1.54. The standard InChI is InChI=1S/C25H28F3N3O6S2/c1-17(32)31-13-5-8-22(31)24(33)30-14-11-18(12-15-30)29-39(36,37)23-16-20(9-10-21(23)25(26,27)28)38(34,35)19-6-3-2-4-7-19/h2-4,6-7,9-10,16,18,22,29H,5,8,11-15H2,1H3/t22-/m0/s1. The van der Waals surface area contributed by atoms with Crippen molar-refractivity contribution in [1.29, 1.82) is 0 Å². The van der Waals surface area contributed by atoms with Gasteiger partial charge in [0.15, 0.2) is 0 Å². The van der Waals surface area contributed by atoms with Crippen LogP contribution in [0, 0.1) is 0 Å². The second kappa shape index (κ2) is 10.9. The minimum atomic E-state index is -5.06. The number of amides is 2. The van der Waals surface area contributed by atoms with Crippen LogP contribution in [-0.2, 0) is 35.6 Å². The van der Waals surface area contributed by atoms with E-state index in [-0.39, 0.29) is 42.6 Å². The number of sulfone groups is 1. The molecular formula is C25H28F3N3O6S2. The lowest BCUT2D eigenvalue weighted by Gasteiger charge is -2.35. The molecule has 39 heavy (non-hydrogen) atoms. The Morgan fingerprint density at radius 1 is 0.897 bits per heavy atom. The van der Waals surface area contributed by atoms with E-state index in [9.17, 15) is 39.6 Å². The third-order valence-corrected chi connectivity index (χ3v) is 10.3. The monoisotopic (exact) mass is 587 g/mol. The fourth-order valence-corrected chi connectivity index (χ4v) is 7.91. The summed E-state index contributed by atoms with van der Waals surface area (Å²) in [5, 5.41) is 0. The number of hydrogen-bond donors (Lipinski definition) is 1. The fraction of sp³-hybridized carbons (Fsp3) is 0.440. The van der Waals surface area contributed by atoms with Crippen LogP contribution in [0.1, 0.15) is 38.2 Å². The van der Waals surface area contributed by atoms with Gasteiger partial charge in [-0.15, -0.1) is 0 Å². The molecule has 2 aromatic carbocycles. The smallest absolute Gasteiger partial charge is 0.341 e. The third-order valence-electron chi connectivity index (χ3n) is 6.98. The SMILES string of the molecule is CC(=O)N1CCC[C@H]1C(=O)N1CCC(NS(=O)(=O)c2cc(S(=O)(=O)c3ccccc3)ccc2C(F)(F)F)CC1. The lowest BCUT2D eigenvalue weighted by Crippen LogP contribution is -2.52. The number of carbonyl (C=O) groups is 2. The summed E-state index contributed by atoms with van der Waals surface area (Å²) in [6, 6.07) is 7.35. The van der Waals surface area contributed by atoms with Crippen molar-refractivity contribution in [3.8, 4) is 0 Å². The van der Waals surface area contributed by atoms with Gasteiger partial charge in [-0.2, -0.15) is 13.2 Å². The summed E-state index contributed by atoms with van der Waals surface area (Å²) in [7, 11) is -9.09. The molecule has 0 bridgehead atoms. The number of carbonyl (C=O) groups excluding carboxylic acids is 2. The van der Waals surface area contributed by atoms with E-state index in [1.807, 2.05) is 0 Å². The largest absolute Gasteiger partial charge is 0.417 e. The van der Waals surface area contributed by atoms with Crippen molar-refractivity contribution < 1.29 is 39.6 Å². The molecule has 2 aliphatic heterocycles. The van der Waals surface area contributed by atoms with Crippen LogP contribution in [0.15, 0.2) is 63.2 Å². The van der Waals surface area contributed by atoms with E-state index in [0.717, 1.165) is 6.07 Å². The molecule has 0 saturated carbocycles. The fourth-order valence-electron chi connectivity index (χ4n) is 4.97. The van der Waals surface area contributed by atoms with Crippen LogP contribution >= 0.6 is 0 Å². The molecule has 2 aromatic rings. The van der Waals surface area contributed by atoms with E-state index < -0.39 is 53.5 Å². The number of halogens is 3. The minimum absolute atomic E-state index is 0.140. The highest BCUT2D eigenvalue weighted by molar-refractivity contribution is 7.91. The van der Waals surface area contributed by atoms with Gasteiger partial charge in [-0.3, -0.25) is 9.59 Å². The van der Waals surface area contributed by atoms with Gasteiger partial charge in [0, 0.05) is 32.6 Å².